The summed E-state index contributed by atoms with van der Waals surface area (Å²) >= 11 is 0. The first-order chi connectivity index (χ1) is 13.7. The summed E-state index contributed by atoms with van der Waals surface area (Å²) in [5.74, 6) is -0.304. The third-order valence-corrected chi connectivity index (χ3v) is 4.65. The fourth-order valence-electron chi connectivity index (χ4n) is 3.31. The number of hydrogen-bond donors (Lipinski definition) is 1. The number of ether oxygens (including phenoxy) is 1. The van der Waals surface area contributed by atoms with E-state index in [-0.39, 0.29) is 5.82 Å². The molecule has 140 valence electrons. The van der Waals surface area contributed by atoms with Crippen LogP contribution in [0.3, 0.4) is 0 Å². The van der Waals surface area contributed by atoms with Gasteiger partial charge in [0.05, 0.1) is 23.3 Å². The molecule has 0 saturated heterocycles. The van der Waals surface area contributed by atoms with Crippen molar-refractivity contribution < 1.29 is 9.13 Å². The lowest BCUT2D eigenvalue weighted by Gasteiger charge is -2.14. The minimum absolute atomic E-state index is 0.304. The van der Waals surface area contributed by atoms with Crippen molar-refractivity contribution in [1.82, 2.24) is 30.0 Å². The van der Waals surface area contributed by atoms with Crippen LogP contribution in [-0.4, -0.2) is 30.9 Å². The highest BCUT2D eigenvalue weighted by molar-refractivity contribution is 5.84. The minimum atomic E-state index is -0.437. The van der Waals surface area contributed by atoms with Gasteiger partial charge in [-0.2, -0.15) is 10.2 Å². The van der Waals surface area contributed by atoms with Crippen molar-refractivity contribution in [3.63, 3.8) is 0 Å². The molecule has 1 atom stereocenters. The molecule has 0 fully saturated rings. The maximum atomic E-state index is 13.4. The summed E-state index contributed by atoms with van der Waals surface area (Å²) < 4.78 is 22.5. The van der Waals surface area contributed by atoms with Crippen LogP contribution >= 0.6 is 0 Å². The van der Waals surface area contributed by atoms with Crippen LogP contribution in [0.15, 0.2) is 53.9 Å². The number of rotatable bonds is 4. The predicted octanol–water partition coefficient (Wildman–Crippen LogP) is 3.00. The van der Waals surface area contributed by atoms with Crippen molar-refractivity contribution >= 4 is 17.4 Å². The van der Waals surface area contributed by atoms with E-state index in [0.29, 0.717) is 11.3 Å². The van der Waals surface area contributed by atoms with Crippen molar-refractivity contribution in [2.45, 2.75) is 19.7 Å². The van der Waals surface area contributed by atoms with Gasteiger partial charge in [0.15, 0.2) is 12.0 Å². The largest absolute Gasteiger partial charge is 0.453 e. The summed E-state index contributed by atoms with van der Waals surface area (Å²) in [6, 6.07) is 10.00. The topological polar surface area (TPSA) is 82.1 Å². The van der Waals surface area contributed by atoms with Crippen LogP contribution in [0, 0.1) is 5.82 Å². The Morgan fingerprint density at radius 2 is 2.04 bits per heavy atom. The molecule has 4 heterocycles. The zero-order chi connectivity index (χ0) is 19.1. The van der Waals surface area contributed by atoms with E-state index in [1.807, 2.05) is 23.7 Å². The Bertz CT molecular complexity index is 1170. The highest BCUT2D eigenvalue weighted by Gasteiger charge is 2.23. The Labute approximate surface area is 159 Å². The molecule has 0 spiro atoms. The summed E-state index contributed by atoms with van der Waals surface area (Å²) in [5, 5.41) is 13.6. The molecule has 3 aromatic heterocycles. The number of nitrogens with one attached hydrogen (secondary N) is 1. The molecule has 1 aliphatic rings. The van der Waals surface area contributed by atoms with Crippen molar-refractivity contribution in [1.29, 1.82) is 0 Å². The molecule has 8 nitrogen and oxygen atoms in total. The van der Waals surface area contributed by atoms with E-state index in [4.69, 9.17) is 9.72 Å². The van der Waals surface area contributed by atoms with E-state index in [1.165, 1.54) is 18.5 Å². The second-order valence-electron chi connectivity index (χ2n) is 6.28. The fraction of sp³-hybridized carbons (Fsp3) is 0.158. The minimum Gasteiger partial charge on any atom is -0.453 e. The van der Waals surface area contributed by atoms with E-state index in [1.54, 1.807) is 29.2 Å². The van der Waals surface area contributed by atoms with Gasteiger partial charge in [-0.1, -0.05) is 0 Å². The van der Waals surface area contributed by atoms with E-state index in [0.717, 1.165) is 28.9 Å². The van der Waals surface area contributed by atoms with E-state index < -0.39 is 6.23 Å². The third kappa shape index (κ3) is 2.59. The number of benzene rings is 1. The van der Waals surface area contributed by atoms with Crippen LogP contribution in [-0.2, 0) is 11.3 Å². The lowest BCUT2D eigenvalue weighted by molar-refractivity contribution is 0.201. The maximum absolute atomic E-state index is 13.4. The third-order valence-electron chi connectivity index (χ3n) is 4.65. The van der Waals surface area contributed by atoms with Crippen molar-refractivity contribution in [2.24, 2.45) is 5.10 Å². The molecule has 1 aliphatic heterocycles. The molecule has 5 rings (SSSR count). The molecule has 9 heteroatoms. The number of hydrazone groups is 1. The van der Waals surface area contributed by atoms with Gasteiger partial charge in [-0.3, -0.25) is 10.1 Å². The maximum Gasteiger partial charge on any atom is 0.212 e. The zero-order valence-corrected chi connectivity index (χ0v) is 15.0. The van der Waals surface area contributed by atoms with Crippen molar-refractivity contribution in [2.75, 3.05) is 0 Å². The molecule has 0 saturated carbocycles. The Morgan fingerprint density at radius 1 is 1.18 bits per heavy atom. The summed E-state index contributed by atoms with van der Waals surface area (Å²) in [4.78, 5) is 4.84. The molecule has 0 aliphatic carbocycles. The first-order valence-electron chi connectivity index (χ1n) is 8.84. The number of halogens is 1. The lowest BCUT2D eigenvalue weighted by atomic mass is 10.1. The molecule has 0 bridgehead atoms. The smallest absolute Gasteiger partial charge is 0.212 e. The monoisotopic (exact) mass is 377 g/mol. The van der Waals surface area contributed by atoms with Gasteiger partial charge in [-0.15, -0.1) is 5.10 Å². The summed E-state index contributed by atoms with van der Waals surface area (Å²) in [6.07, 6.45) is 4.41. The Kier molecular flexibility index (Phi) is 3.78. The van der Waals surface area contributed by atoms with Gasteiger partial charge in [0, 0.05) is 23.7 Å². The quantitative estimate of drug-likeness (QED) is 0.591. The van der Waals surface area contributed by atoms with Crippen LogP contribution in [0.4, 0.5) is 4.39 Å². The van der Waals surface area contributed by atoms with Crippen LogP contribution in [0.1, 0.15) is 18.7 Å². The standard InChI is InChI=1S/C19H16FN7O/c1-2-26-17(7-8-22-26)16-9-14(19-25-21-11-28-19)15-10-23-27(18(15)24-16)13-5-3-12(20)4-6-13/h3-11,19,25H,2H2,1H3. The first kappa shape index (κ1) is 16.4. The van der Waals surface area contributed by atoms with Crippen LogP contribution in [0.2, 0.25) is 0 Å². The average Bonchev–Trinajstić information content (AvgIpc) is 3.47. The molecule has 28 heavy (non-hydrogen) atoms. The number of fused-ring (bicyclic) bond motifs is 1. The summed E-state index contributed by atoms with van der Waals surface area (Å²) in [6.45, 7) is 2.74. The Morgan fingerprint density at radius 3 is 2.79 bits per heavy atom. The molecule has 0 amide bonds. The van der Waals surface area contributed by atoms with Gasteiger partial charge in [0.2, 0.25) is 6.23 Å². The molecular formula is C19H16FN7O. The van der Waals surface area contributed by atoms with Gasteiger partial charge < -0.3 is 4.74 Å². The van der Waals surface area contributed by atoms with Gasteiger partial charge in [0.1, 0.15) is 5.82 Å². The number of aromatic nitrogens is 5. The fourth-order valence-corrected chi connectivity index (χ4v) is 3.31. The first-order valence-corrected chi connectivity index (χ1v) is 8.84. The second kappa shape index (κ2) is 6.45. The number of hydrogen-bond acceptors (Lipinski definition) is 6. The molecule has 4 aromatic rings. The number of pyridine rings is 1. The van der Waals surface area contributed by atoms with Gasteiger partial charge in [-0.05, 0) is 43.3 Å². The number of aryl methyl sites for hydroxylation is 1. The Hall–Kier alpha value is -3.75. The SMILES string of the molecule is CCn1nccc1-c1cc(C2NN=CO2)c2cnn(-c3ccc(F)cc3)c2n1. The van der Waals surface area contributed by atoms with Crippen molar-refractivity contribution in [3.8, 4) is 17.1 Å². The van der Waals surface area contributed by atoms with Gasteiger partial charge >= 0.3 is 0 Å². The highest BCUT2D eigenvalue weighted by atomic mass is 19.1. The number of nitrogens with zero attached hydrogens (tertiary/aromatic N) is 6. The van der Waals surface area contributed by atoms with Crippen LogP contribution in [0.5, 0.6) is 0 Å². The molecule has 1 N–H and O–H groups in total. The average molecular weight is 377 g/mol. The summed E-state index contributed by atoms with van der Waals surface area (Å²) in [7, 11) is 0. The van der Waals surface area contributed by atoms with E-state index >= 15 is 0 Å². The van der Waals surface area contributed by atoms with Crippen LogP contribution < -0.4 is 5.43 Å². The van der Waals surface area contributed by atoms with E-state index in [2.05, 4.69) is 20.7 Å². The molecular weight excluding hydrogens is 361 g/mol. The van der Waals surface area contributed by atoms with Gasteiger partial charge in [0.25, 0.3) is 0 Å². The lowest BCUT2D eigenvalue weighted by Crippen LogP contribution is -2.13. The van der Waals surface area contributed by atoms with Crippen LogP contribution in [0.25, 0.3) is 28.1 Å². The van der Waals surface area contributed by atoms with E-state index in [9.17, 15) is 4.39 Å². The zero-order valence-electron chi connectivity index (χ0n) is 15.0. The highest BCUT2D eigenvalue weighted by Crippen LogP contribution is 2.31. The summed E-state index contributed by atoms with van der Waals surface area (Å²) in [5.41, 5.74) is 6.77. The normalized spacial score (nSPS) is 15.7. The second-order valence-corrected chi connectivity index (χ2v) is 6.28. The van der Waals surface area contributed by atoms with Crippen molar-refractivity contribution in [3.05, 3.63) is 60.2 Å². The predicted molar refractivity (Wildman–Crippen MR) is 101 cm³/mol. The molecule has 1 unspecified atom stereocenters. The van der Waals surface area contributed by atoms with Gasteiger partial charge in [-0.25, -0.2) is 14.1 Å². The molecule has 1 aromatic carbocycles. The Balaban J connectivity index is 1.74. The molecule has 0 radical (unpaired) electrons.